The summed E-state index contributed by atoms with van der Waals surface area (Å²) in [6.45, 7) is 9.12. The summed E-state index contributed by atoms with van der Waals surface area (Å²) < 4.78 is 0. The summed E-state index contributed by atoms with van der Waals surface area (Å²) in [5.41, 5.74) is 2.01. The Labute approximate surface area is 137 Å². The lowest BCUT2D eigenvalue weighted by Gasteiger charge is -2.35. The van der Waals surface area contributed by atoms with E-state index in [9.17, 15) is 9.59 Å². The van der Waals surface area contributed by atoms with Crippen LogP contribution in [0, 0.1) is 12.8 Å². The van der Waals surface area contributed by atoms with Gasteiger partial charge in [-0.3, -0.25) is 9.59 Å². The third-order valence-corrected chi connectivity index (χ3v) is 5.01. The second-order valence-corrected chi connectivity index (χ2v) is 6.45. The maximum atomic E-state index is 12.7. The van der Waals surface area contributed by atoms with Crippen LogP contribution in [-0.2, 0) is 9.59 Å². The molecule has 124 valence electrons. The number of benzene rings is 1. The second kappa shape index (κ2) is 6.71. The first-order valence-electron chi connectivity index (χ1n) is 8.47. The highest BCUT2D eigenvalue weighted by Crippen LogP contribution is 2.28. The molecule has 2 heterocycles. The summed E-state index contributed by atoms with van der Waals surface area (Å²) in [5.74, 6) is 0.00492. The van der Waals surface area contributed by atoms with Crippen LogP contribution in [0.3, 0.4) is 0 Å². The normalized spacial score (nSPS) is 22.7. The fourth-order valence-corrected chi connectivity index (χ4v) is 3.51. The summed E-state index contributed by atoms with van der Waals surface area (Å²) in [6, 6.07) is 7.87. The van der Waals surface area contributed by atoms with Crippen molar-refractivity contribution in [3.05, 3.63) is 29.8 Å². The van der Waals surface area contributed by atoms with Gasteiger partial charge in [0.2, 0.25) is 11.8 Å². The van der Waals surface area contributed by atoms with Crippen LogP contribution in [0.25, 0.3) is 0 Å². The molecule has 3 rings (SSSR count). The molecule has 0 saturated carbocycles. The first-order valence-corrected chi connectivity index (χ1v) is 8.47. The molecular formula is C18H25N3O2. The third kappa shape index (κ3) is 3.24. The molecule has 1 aromatic rings. The number of anilines is 1. The third-order valence-electron chi connectivity index (χ3n) is 5.01. The van der Waals surface area contributed by atoms with Crippen LogP contribution in [0.1, 0.15) is 18.9 Å². The molecule has 1 aromatic carbocycles. The molecule has 2 fully saturated rings. The van der Waals surface area contributed by atoms with Crippen molar-refractivity contribution in [2.75, 3.05) is 44.2 Å². The van der Waals surface area contributed by atoms with Crippen LogP contribution >= 0.6 is 0 Å². The Morgan fingerprint density at radius 3 is 2.52 bits per heavy atom. The number of hydrogen-bond donors (Lipinski definition) is 0. The maximum absolute atomic E-state index is 12.7. The van der Waals surface area contributed by atoms with Gasteiger partial charge in [0.15, 0.2) is 0 Å². The zero-order chi connectivity index (χ0) is 16.4. The minimum absolute atomic E-state index is 0.0600. The number of piperazine rings is 1. The van der Waals surface area contributed by atoms with Crippen molar-refractivity contribution >= 4 is 17.5 Å². The molecule has 0 aromatic heterocycles. The van der Waals surface area contributed by atoms with E-state index in [-0.39, 0.29) is 17.7 Å². The lowest BCUT2D eigenvalue weighted by molar-refractivity contribution is -0.137. The van der Waals surface area contributed by atoms with Gasteiger partial charge in [0.25, 0.3) is 0 Å². The lowest BCUT2D eigenvalue weighted by atomic mass is 10.1. The molecule has 0 spiro atoms. The van der Waals surface area contributed by atoms with E-state index in [0.717, 1.165) is 44.0 Å². The topological polar surface area (TPSA) is 43.9 Å². The lowest BCUT2D eigenvalue weighted by Crippen LogP contribution is -2.50. The Kier molecular flexibility index (Phi) is 4.66. The molecule has 1 atom stereocenters. The molecule has 0 bridgehead atoms. The molecule has 23 heavy (non-hydrogen) atoms. The summed E-state index contributed by atoms with van der Waals surface area (Å²) in [6.07, 6.45) is 0.334. The number of amides is 2. The second-order valence-electron chi connectivity index (χ2n) is 6.45. The highest BCUT2D eigenvalue weighted by Gasteiger charge is 2.38. The van der Waals surface area contributed by atoms with E-state index in [2.05, 4.69) is 11.8 Å². The molecular weight excluding hydrogens is 290 g/mol. The quantitative estimate of drug-likeness (QED) is 0.849. The van der Waals surface area contributed by atoms with E-state index >= 15 is 0 Å². The minimum Gasteiger partial charge on any atom is -0.340 e. The van der Waals surface area contributed by atoms with Gasteiger partial charge >= 0.3 is 0 Å². The number of nitrogens with zero attached hydrogens (tertiary/aromatic N) is 3. The van der Waals surface area contributed by atoms with Gasteiger partial charge in [-0.05, 0) is 25.1 Å². The van der Waals surface area contributed by atoms with Gasteiger partial charge in [-0.15, -0.1) is 0 Å². The molecule has 5 nitrogen and oxygen atoms in total. The summed E-state index contributed by atoms with van der Waals surface area (Å²) in [7, 11) is 0. The smallest absolute Gasteiger partial charge is 0.228 e. The van der Waals surface area contributed by atoms with E-state index in [1.54, 1.807) is 4.90 Å². The Morgan fingerprint density at radius 1 is 1.17 bits per heavy atom. The molecule has 0 unspecified atom stereocenters. The van der Waals surface area contributed by atoms with Crippen molar-refractivity contribution in [1.82, 2.24) is 9.80 Å². The zero-order valence-electron chi connectivity index (χ0n) is 14.0. The number of carbonyl (C=O) groups excluding carboxylic acids is 2. The molecule has 2 aliphatic heterocycles. The van der Waals surface area contributed by atoms with Crippen LogP contribution in [0.2, 0.25) is 0 Å². The molecule has 2 aliphatic rings. The van der Waals surface area contributed by atoms with Gasteiger partial charge in [-0.2, -0.15) is 0 Å². The van der Waals surface area contributed by atoms with Crippen molar-refractivity contribution in [2.45, 2.75) is 20.3 Å². The van der Waals surface area contributed by atoms with Crippen LogP contribution in [0.15, 0.2) is 24.3 Å². The van der Waals surface area contributed by atoms with Crippen LogP contribution in [0.5, 0.6) is 0 Å². The van der Waals surface area contributed by atoms with E-state index in [1.165, 1.54) is 0 Å². The number of aryl methyl sites for hydroxylation is 1. The summed E-state index contributed by atoms with van der Waals surface area (Å²) in [4.78, 5) is 31.2. The summed E-state index contributed by atoms with van der Waals surface area (Å²) >= 11 is 0. The Morgan fingerprint density at radius 2 is 1.87 bits per heavy atom. The molecule has 0 radical (unpaired) electrons. The van der Waals surface area contributed by atoms with Gasteiger partial charge in [0.1, 0.15) is 0 Å². The van der Waals surface area contributed by atoms with Crippen molar-refractivity contribution in [3.8, 4) is 0 Å². The molecule has 0 N–H and O–H groups in total. The Bertz CT molecular complexity index is 594. The maximum Gasteiger partial charge on any atom is 0.228 e. The number of rotatable bonds is 3. The van der Waals surface area contributed by atoms with Gasteiger partial charge in [-0.25, -0.2) is 0 Å². The van der Waals surface area contributed by atoms with Crippen molar-refractivity contribution < 1.29 is 9.59 Å². The number of para-hydroxylation sites is 1. The fourth-order valence-electron chi connectivity index (χ4n) is 3.51. The SMILES string of the molecule is CCN1CCN(C(=O)[C@@H]2CC(=O)N(c3ccccc3C)C2)CC1. The predicted molar refractivity (Wildman–Crippen MR) is 90.3 cm³/mol. The van der Waals surface area contributed by atoms with Gasteiger partial charge in [-0.1, -0.05) is 25.1 Å². The average Bonchev–Trinajstić information content (AvgIpc) is 2.96. The largest absolute Gasteiger partial charge is 0.340 e. The predicted octanol–water partition coefficient (Wildman–Crippen LogP) is 1.51. The van der Waals surface area contributed by atoms with E-state index in [1.807, 2.05) is 36.1 Å². The van der Waals surface area contributed by atoms with E-state index < -0.39 is 0 Å². The fraction of sp³-hybridized carbons (Fsp3) is 0.556. The van der Waals surface area contributed by atoms with Crippen molar-refractivity contribution in [2.24, 2.45) is 5.92 Å². The van der Waals surface area contributed by atoms with Gasteiger partial charge in [0, 0.05) is 44.8 Å². The zero-order valence-corrected chi connectivity index (χ0v) is 14.0. The molecule has 0 aliphatic carbocycles. The minimum atomic E-state index is -0.199. The first kappa shape index (κ1) is 16.0. The number of likely N-dealkylation sites (N-methyl/N-ethyl adjacent to an activating group) is 1. The highest BCUT2D eigenvalue weighted by atomic mass is 16.2. The highest BCUT2D eigenvalue weighted by molar-refractivity contribution is 6.00. The number of hydrogen-bond acceptors (Lipinski definition) is 3. The standard InChI is InChI=1S/C18H25N3O2/c1-3-19-8-10-20(11-9-19)18(23)15-12-17(22)21(13-15)16-7-5-4-6-14(16)2/h4-7,15H,3,8-13H2,1-2H3/t15-/m1/s1. The molecule has 2 amide bonds. The Hall–Kier alpha value is -1.88. The number of carbonyl (C=O) groups is 2. The summed E-state index contributed by atoms with van der Waals surface area (Å²) in [5, 5.41) is 0. The molecule has 2 saturated heterocycles. The Balaban J connectivity index is 1.66. The van der Waals surface area contributed by atoms with Crippen molar-refractivity contribution in [1.29, 1.82) is 0 Å². The monoisotopic (exact) mass is 315 g/mol. The molecule has 5 heteroatoms. The van der Waals surface area contributed by atoms with Crippen molar-refractivity contribution in [3.63, 3.8) is 0 Å². The van der Waals surface area contributed by atoms with E-state index in [4.69, 9.17) is 0 Å². The van der Waals surface area contributed by atoms with Gasteiger partial charge < -0.3 is 14.7 Å². The van der Waals surface area contributed by atoms with Crippen LogP contribution in [-0.4, -0.2) is 60.9 Å². The van der Waals surface area contributed by atoms with Gasteiger partial charge in [0.05, 0.1) is 5.92 Å². The van der Waals surface area contributed by atoms with E-state index in [0.29, 0.717) is 13.0 Å². The average molecular weight is 315 g/mol. The van der Waals surface area contributed by atoms with Crippen LogP contribution in [0.4, 0.5) is 5.69 Å². The van der Waals surface area contributed by atoms with Crippen LogP contribution < -0.4 is 4.90 Å². The first-order chi connectivity index (χ1) is 11.1.